The van der Waals surface area contributed by atoms with Gasteiger partial charge < -0.3 is 19.7 Å². The Labute approximate surface area is 175 Å². The van der Waals surface area contributed by atoms with Crippen LogP contribution in [0.4, 0.5) is 0 Å². The topological polar surface area (TPSA) is 67.9 Å². The molecule has 0 spiro atoms. The first-order valence-electron chi connectivity index (χ1n) is 9.66. The van der Waals surface area contributed by atoms with E-state index in [4.69, 9.17) is 21.1 Å². The van der Waals surface area contributed by atoms with Crippen molar-refractivity contribution in [1.29, 1.82) is 0 Å². The van der Waals surface area contributed by atoms with Crippen molar-refractivity contribution in [2.45, 2.75) is 38.8 Å². The monoisotopic (exact) mass is 416 g/mol. The van der Waals surface area contributed by atoms with Crippen LogP contribution in [0.2, 0.25) is 5.02 Å². The summed E-state index contributed by atoms with van der Waals surface area (Å²) in [5.41, 5.74) is 1.79. The van der Waals surface area contributed by atoms with Crippen LogP contribution in [-0.2, 0) is 22.6 Å². The second-order valence-corrected chi connectivity index (χ2v) is 7.25. The molecule has 2 aromatic carbocycles. The van der Waals surface area contributed by atoms with Crippen molar-refractivity contribution >= 4 is 23.4 Å². The van der Waals surface area contributed by atoms with Crippen molar-refractivity contribution in [3.63, 3.8) is 0 Å². The number of hydrogen-bond donors (Lipinski definition) is 1. The maximum Gasteiger partial charge on any atom is 0.242 e. The van der Waals surface area contributed by atoms with Crippen molar-refractivity contribution in [3.8, 4) is 11.5 Å². The van der Waals surface area contributed by atoms with Gasteiger partial charge in [0.25, 0.3) is 0 Å². The van der Waals surface area contributed by atoms with Gasteiger partial charge in [-0.25, -0.2) is 0 Å². The average Bonchev–Trinajstić information content (AvgIpc) is 3.20. The van der Waals surface area contributed by atoms with Crippen molar-refractivity contribution in [2.75, 3.05) is 13.8 Å². The number of hydrogen-bond acceptors (Lipinski definition) is 4. The zero-order valence-electron chi connectivity index (χ0n) is 16.6. The Morgan fingerprint density at radius 1 is 1.17 bits per heavy atom. The molecule has 0 radical (unpaired) electrons. The van der Waals surface area contributed by atoms with Crippen LogP contribution in [0.15, 0.2) is 42.5 Å². The first kappa shape index (κ1) is 21.0. The summed E-state index contributed by atoms with van der Waals surface area (Å²) in [4.78, 5) is 27.1. The molecule has 0 saturated heterocycles. The lowest BCUT2D eigenvalue weighted by atomic mass is 10.1. The number of halogens is 1. The number of fused-ring (bicyclic) bond motifs is 1. The number of rotatable bonds is 8. The van der Waals surface area contributed by atoms with Gasteiger partial charge in [-0.1, -0.05) is 42.8 Å². The second kappa shape index (κ2) is 9.65. The summed E-state index contributed by atoms with van der Waals surface area (Å²) in [5, 5.41) is 3.23. The third kappa shape index (κ3) is 5.01. The fourth-order valence-electron chi connectivity index (χ4n) is 3.39. The molecule has 1 atom stereocenters. The van der Waals surface area contributed by atoms with E-state index in [0.717, 1.165) is 11.1 Å². The molecule has 0 aromatic heterocycles. The number of nitrogens with zero attached hydrogens (tertiary/aromatic N) is 1. The summed E-state index contributed by atoms with van der Waals surface area (Å²) in [6, 6.07) is 12.5. The Kier molecular flexibility index (Phi) is 6.99. The highest BCUT2D eigenvalue weighted by Crippen LogP contribution is 2.33. The second-order valence-electron chi connectivity index (χ2n) is 6.84. The SMILES string of the molecule is CCC(C(=O)NC)N(Cc1ccccc1Cl)C(=O)CCc1ccc2c(c1)OCO2. The lowest BCUT2D eigenvalue weighted by Crippen LogP contribution is -2.48. The molecule has 0 saturated carbocycles. The summed E-state index contributed by atoms with van der Waals surface area (Å²) in [6.45, 7) is 2.39. The van der Waals surface area contributed by atoms with Gasteiger partial charge >= 0.3 is 0 Å². The molecule has 6 nitrogen and oxygen atoms in total. The number of amides is 2. The van der Waals surface area contributed by atoms with E-state index in [0.29, 0.717) is 29.4 Å². The van der Waals surface area contributed by atoms with Crippen LogP contribution >= 0.6 is 11.6 Å². The van der Waals surface area contributed by atoms with Crippen LogP contribution in [0, 0.1) is 0 Å². The summed E-state index contributed by atoms with van der Waals surface area (Å²) >= 11 is 6.30. The number of carbonyl (C=O) groups excluding carboxylic acids is 2. The van der Waals surface area contributed by atoms with Crippen molar-refractivity contribution in [1.82, 2.24) is 10.2 Å². The summed E-state index contributed by atoms with van der Waals surface area (Å²) in [6.07, 6.45) is 1.33. The number of carbonyl (C=O) groups is 2. The van der Waals surface area contributed by atoms with Crippen LogP contribution in [0.1, 0.15) is 30.9 Å². The fourth-order valence-corrected chi connectivity index (χ4v) is 3.58. The van der Waals surface area contributed by atoms with Gasteiger partial charge in [0.2, 0.25) is 18.6 Å². The van der Waals surface area contributed by atoms with Crippen LogP contribution in [0.5, 0.6) is 11.5 Å². The Morgan fingerprint density at radius 2 is 1.93 bits per heavy atom. The van der Waals surface area contributed by atoms with E-state index in [1.807, 2.05) is 43.3 Å². The fraction of sp³-hybridized carbons (Fsp3) is 0.364. The molecule has 1 aliphatic heterocycles. The van der Waals surface area contributed by atoms with Crippen molar-refractivity contribution in [3.05, 3.63) is 58.6 Å². The highest BCUT2D eigenvalue weighted by Gasteiger charge is 2.28. The van der Waals surface area contributed by atoms with E-state index in [9.17, 15) is 9.59 Å². The Bertz CT molecular complexity index is 887. The van der Waals surface area contributed by atoms with Gasteiger partial charge in [-0.15, -0.1) is 0 Å². The number of benzene rings is 2. The molecular weight excluding hydrogens is 392 g/mol. The minimum atomic E-state index is -0.555. The Morgan fingerprint density at radius 3 is 2.66 bits per heavy atom. The zero-order valence-corrected chi connectivity index (χ0v) is 17.4. The number of ether oxygens (including phenoxy) is 2. The molecule has 1 N–H and O–H groups in total. The third-order valence-corrected chi connectivity index (χ3v) is 5.36. The molecule has 2 amide bonds. The molecular formula is C22H25ClN2O4. The van der Waals surface area contributed by atoms with E-state index in [1.165, 1.54) is 0 Å². The maximum absolute atomic E-state index is 13.1. The standard InChI is InChI=1S/C22H25ClN2O4/c1-3-18(22(27)24-2)25(13-16-6-4-5-7-17(16)23)21(26)11-9-15-8-10-19-20(12-15)29-14-28-19/h4-8,10,12,18H,3,9,11,13-14H2,1-2H3,(H,24,27). The van der Waals surface area contributed by atoms with Crippen molar-refractivity contribution in [2.24, 2.45) is 0 Å². The highest BCUT2D eigenvalue weighted by atomic mass is 35.5. The summed E-state index contributed by atoms with van der Waals surface area (Å²) in [5.74, 6) is 1.12. The molecule has 29 heavy (non-hydrogen) atoms. The normalized spacial score (nSPS) is 13.1. The predicted molar refractivity (Wildman–Crippen MR) is 111 cm³/mol. The molecule has 3 rings (SSSR count). The van der Waals surface area contributed by atoms with Gasteiger partial charge in [0.05, 0.1) is 0 Å². The van der Waals surface area contributed by atoms with E-state index in [2.05, 4.69) is 5.32 Å². The minimum absolute atomic E-state index is 0.0990. The Balaban J connectivity index is 1.76. The highest BCUT2D eigenvalue weighted by molar-refractivity contribution is 6.31. The average molecular weight is 417 g/mol. The first-order valence-corrected chi connectivity index (χ1v) is 10.0. The molecule has 154 valence electrons. The van der Waals surface area contributed by atoms with Gasteiger partial charge in [0.15, 0.2) is 11.5 Å². The van der Waals surface area contributed by atoms with Crippen LogP contribution in [0.3, 0.4) is 0 Å². The van der Waals surface area contributed by atoms with Crippen LogP contribution in [0.25, 0.3) is 0 Å². The molecule has 1 aliphatic rings. The molecule has 0 bridgehead atoms. The van der Waals surface area contributed by atoms with E-state index in [1.54, 1.807) is 18.0 Å². The third-order valence-electron chi connectivity index (χ3n) is 5.00. The minimum Gasteiger partial charge on any atom is -0.454 e. The lowest BCUT2D eigenvalue weighted by molar-refractivity contribution is -0.141. The number of likely N-dealkylation sites (N-methyl/N-ethyl adjacent to an activating group) is 1. The molecule has 1 heterocycles. The van der Waals surface area contributed by atoms with Crippen molar-refractivity contribution < 1.29 is 19.1 Å². The Hall–Kier alpha value is -2.73. The number of nitrogens with one attached hydrogen (secondary N) is 1. The van der Waals surface area contributed by atoms with Gasteiger partial charge in [-0.2, -0.15) is 0 Å². The van der Waals surface area contributed by atoms with E-state index < -0.39 is 6.04 Å². The van der Waals surface area contributed by atoms with Crippen LogP contribution in [-0.4, -0.2) is 36.6 Å². The van der Waals surface area contributed by atoms with E-state index in [-0.39, 0.29) is 31.6 Å². The largest absolute Gasteiger partial charge is 0.454 e. The van der Waals surface area contributed by atoms with Gasteiger partial charge in [0, 0.05) is 25.0 Å². The maximum atomic E-state index is 13.1. The quantitative estimate of drug-likeness (QED) is 0.714. The molecule has 1 unspecified atom stereocenters. The molecule has 2 aromatic rings. The molecule has 7 heteroatoms. The smallest absolute Gasteiger partial charge is 0.242 e. The number of aryl methyl sites for hydroxylation is 1. The van der Waals surface area contributed by atoms with E-state index >= 15 is 0 Å². The first-order chi connectivity index (χ1) is 14.0. The van der Waals surface area contributed by atoms with Crippen LogP contribution < -0.4 is 14.8 Å². The van der Waals surface area contributed by atoms with Gasteiger partial charge in [0.1, 0.15) is 6.04 Å². The summed E-state index contributed by atoms with van der Waals surface area (Å²) < 4.78 is 10.7. The summed E-state index contributed by atoms with van der Waals surface area (Å²) in [7, 11) is 1.58. The molecule has 0 aliphatic carbocycles. The van der Waals surface area contributed by atoms with Gasteiger partial charge in [-0.3, -0.25) is 9.59 Å². The van der Waals surface area contributed by atoms with Gasteiger partial charge in [-0.05, 0) is 42.2 Å². The molecule has 0 fully saturated rings. The zero-order chi connectivity index (χ0) is 20.8. The lowest BCUT2D eigenvalue weighted by Gasteiger charge is -2.30. The predicted octanol–water partition coefficient (Wildman–Crippen LogP) is 3.55.